The Morgan fingerprint density at radius 3 is 0.896 bits per heavy atom. The Balaban J connectivity index is 0.000000163. The van der Waals surface area contributed by atoms with E-state index in [1.165, 1.54) is 19.6 Å². The molecular formula is C98H85I7O15S5+4. The molecule has 1 aliphatic heterocycles. The highest BCUT2D eigenvalue weighted by Gasteiger charge is 2.40. The zero-order valence-electron chi connectivity index (χ0n) is 69.3. The third-order valence-electron chi connectivity index (χ3n) is 17.9. The van der Waals surface area contributed by atoms with Gasteiger partial charge in [0.2, 0.25) is 5.43 Å². The molecule has 15 nitrogen and oxygen atoms in total. The molecule has 0 saturated carbocycles. The molecule has 0 fully saturated rings. The molecule has 0 spiro atoms. The third kappa shape index (κ3) is 27.2. The number of ether oxygens (including phenoxy) is 7. The molecule has 0 N–H and O–H groups in total. The minimum atomic E-state index is -0.638. The molecule has 642 valence electrons. The molecule has 0 aliphatic carbocycles. The summed E-state index contributed by atoms with van der Waals surface area (Å²) >= 11 is 16.2. The SMILES string of the molecule is CC(C)(I)C(=O)Oc1ccc(-[s+]2c3ccccc3c(=O)c3ccccc32)cc1.CC(C)(I)C(=O)Oc1cccc([S+]2c3ccccc3Sc3ccccc32)c1.CC(I)C(=O)Oc1ccc([S+](c2ccc(OC(=O)C(C)I)cc2)c2ccc(OC(=O)C(C)(C)I)cc2)cc1.CC(I)C(=O)Oc1ccc([S+](c2ccccc2)c2ccc(OC(=O)C(C)(C)I)cc2)cc1. The van der Waals surface area contributed by atoms with Gasteiger partial charge in [0.25, 0.3) is 0 Å². The molecule has 0 saturated heterocycles. The van der Waals surface area contributed by atoms with Gasteiger partial charge in [0, 0.05) is 28.7 Å². The van der Waals surface area contributed by atoms with Gasteiger partial charge in [-0.15, -0.1) is 0 Å². The number of hydrogen-bond acceptors (Lipinski definition) is 16. The number of rotatable bonds is 22. The van der Waals surface area contributed by atoms with Crippen molar-refractivity contribution in [1.82, 2.24) is 0 Å². The maximum Gasteiger partial charge on any atom is 0.326 e. The monoisotopic (exact) mass is 2550 g/mol. The summed E-state index contributed by atoms with van der Waals surface area (Å²) in [5.41, 5.74) is 0.0739. The van der Waals surface area contributed by atoms with Crippen LogP contribution in [0, 0.1) is 0 Å². The molecule has 12 aromatic carbocycles. The average molecular weight is 2550 g/mol. The zero-order chi connectivity index (χ0) is 90.2. The Morgan fingerprint density at radius 2 is 0.576 bits per heavy atom. The van der Waals surface area contributed by atoms with Crippen LogP contribution in [-0.2, 0) is 66.2 Å². The first kappa shape index (κ1) is 98.9. The lowest BCUT2D eigenvalue weighted by molar-refractivity contribution is -0.136. The van der Waals surface area contributed by atoms with Crippen molar-refractivity contribution in [3.63, 3.8) is 0 Å². The molecule has 14 rings (SSSR count). The fourth-order valence-corrected chi connectivity index (χ4v) is 22.5. The van der Waals surface area contributed by atoms with Gasteiger partial charge in [-0.2, -0.15) is 0 Å². The lowest BCUT2D eigenvalue weighted by Crippen LogP contribution is -2.29. The second-order valence-corrected chi connectivity index (χ2v) is 55.2. The predicted octanol–water partition coefficient (Wildman–Crippen LogP) is 26.6. The standard InChI is InChI=1S/C28H26I3O6S.C25H23I2O4S.C23H18IO3S.C22H18IO2S2/c1-17(29)25(32)35-19-5-11-22(12-6-19)38(23-13-7-20(8-14-23)36-26(33)18(2)30)24-15-9-21(10-16-24)37-27(34)28(3,4)31;1-17(26)23(28)30-18-9-13-21(14-10-18)32(20-7-5-4-6-8-20)22-15-11-19(12-16-22)31-24(29)25(2,3)27;1-23(2,24)22(26)27-15-11-13-16(14-12-15)28-19-9-5-3-7-17(19)21(25)18-8-4-6-10-20(18)28;1-22(2,23)21(24)25-15-8-7-9-16(14-15)27-19-12-5-3-10-17(19)26-18-11-4-6-13-20(18)27/h5-18H,1-4H3;4-17H,1-3H3;3-14H,1-2H3;3-14H,1-2H3/q4*+1. The second-order valence-electron chi connectivity index (χ2n) is 29.7. The van der Waals surface area contributed by atoms with E-state index in [4.69, 9.17) is 33.2 Å². The van der Waals surface area contributed by atoms with Gasteiger partial charge in [0.15, 0.2) is 58.4 Å². The number of fused-ring (bicyclic) bond motifs is 4. The van der Waals surface area contributed by atoms with Crippen molar-refractivity contribution in [2.45, 2.75) is 155 Å². The van der Waals surface area contributed by atoms with Crippen LogP contribution < -0.4 is 38.6 Å². The van der Waals surface area contributed by atoms with E-state index < -0.39 is 24.6 Å². The quantitative estimate of drug-likeness (QED) is 0.0155. The highest BCUT2D eigenvalue weighted by atomic mass is 127. The van der Waals surface area contributed by atoms with E-state index in [1.807, 2.05) is 315 Å². The lowest BCUT2D eigenvalue weighted by atomic mass is 10.2. The molecular weight excluding hydrogens is 2470 g/mol. The molecule has 4 atom stereocenters. The van der Waals surface area contributed by atoms with Gasteiger partial charge in [-0.1, -0.05) is 243 Å². The first-order valence-electron chi connectivity index (χ1n) is 38.8. The summed E-state index contributed by atoms with van der Waals surface area (Å²) in [6.07, 6.45) is 0. The van der Waals surface area contributed by atoms with Gasteiger partial charge in [0.1, 0.15) is 76.6 Å². The van der Waals surface area contributed by atoms with Crippen LogP contribution in [0.15, 0.2) is 356 Å². The molecule has 0 bridgehead atoms. The smallest absolute Gasteiger partial charge is 0.326 e. The number of carbonyl (C=O) groups is 7. The Bertz CT molecular complexity index is 5900. The second kappa shape index (κ2) is 44.8. The minimum Gasteiger partial charge on any atom is -0.426 e. The maximum atomic E-state index is 12.9. The van der Waals surface area contributed by atoms with Gasteiger partial charge in [0.05, 0.1) is 42.4 Å². The maximum absolute atomic E-state index is 12.9. The minimum absolute atomic E-state index is 0.0739. The molecule has 0 amide bonds. The number of carbonyl (C=O) groups excluding carboxylic acids is 7. The molecule has 4 unspecified atom stereocenters. The van der Waals surface area contributed by atoms with E-state index in [-0.39, 0.29) is 91.2 Å². The fourth-order valence-electron chi connectivity index (χ4n) is 11.5. The van der Waals surface area contributed by atoms with Crippen molar-refractivity contribution in [3.05, 3.63) is 307 Å². The summed E-state index contributed by atoms with van der Waals surface area (Å²) in [5, 5.41) is 1.51. The summed E-state index contributed by atoms with van der Waals surface area (Å²) in [7, 11) is -1.50. The number of alkyl halides is 7. The van der Waals surface area contributed by atoms with Crippen molar-refractivity contribution in [1.29, 1.82) is 0 Å². The number of hydrogen-bond donors (Lipinski definition) is 0. The van der Waals surface area contributed by atoms with Gasteiger partial charge < -0.3 is 33.2 Å². The van der Waals surface area contributed by atoms with E-state index in [0.29, 0.717) is 40.2 Å². The van der Waals surface area contributed by atoms with Crippen LogP contribution in [0.2, 0.25) is 0 Å². The van der Waals surface area contributed by atoms with Crippen LogP contribution >= 0.6 is 180 Å². The van der Waals surface area contributed by atoms with Gasteiger partial charge in [-0.05, 0) is 282 Å². The van der Waals surface area contributed by atoms with Crippen molar-refractivity contribution in [2.24, 2.45) is 0 Å². The average Bonchev–Trinajstić information content (AvgIpc) is 0.751. The highest BCUT2D eigenvalue weighted by molar-refractivity contribution is 14.1. The van der Waals surface area contributed by atoms with Gasteiger partial charge in [-0.25, -0.2) is 0 Å². The van der Waals surface area contributed by atoms with E-state index in [9.17, 15) is 38.4 Å². The molecule has 1 aromatic heterocycles. The van der Waals surface area contributed by atoms with Crippen LogP contribution in [0.5, 0.6) is 40.2 Å². The first-order chi connectivity index (χ1) is 59.3. The first-order valence-corrected chi connectivity index (χ1v) is 52.6. The Labute approximate surface area is 838 Å². The molecule has 2 heterocycles. The van der Waals surface area contributed by atoms with Crippen molar-refractivity contribution in [3.8, 4) is 45.1 Å². The van der Waals surface area contributed by atoms with E-state index >= 15 is 0 Å². The van der Waals surface area contributed by atoms with E-state index in [2.05, 4.69) is 157 Å². The lowest BCUT2D eigenvalue weighted by Gasteiger charge is -2.19. The summed E-state index contributed by atoms with van der Waals surface area (Å²) in [6.45, 7) is 19.9. The summed E-state index contributed by atoms with van der Waals surface area (Å²) in [6, 6.07) is 96.1. The largest absolute Gasteiger partial charge is 0.426 e. The van der Waals surface area contributed by atoms with Crippen LogP contribution in [0.1, 0.15) is 76.2 Å². The van der Waals surface area contributed by atoms with E-state index in [0.717, 1.165) is 59.3 Å². The van der Waals surface area contributed by atoms with Crippen LogP contribution in [-0.4, -0.2) is 67.2 Å². The number of esters is 7. The number of benzene rings is 12. The molecule has 13 aromatic rings. The highest BCUT2D eigenvalue weighted by Crippen LogP contribution is 2.49. The van der Waals surface area contributed by atoms with Crippen molar-refractivity contribution >= 4 is 275 Å². The van der Waals surface area contributed by atoms with Crippen LogP contribution in [0.3, 0.4) is 0 Å². The summed E-state index contributed by atoms with van der Waals surface area (Å²) < 4.78 is 37.4. The Kier molecular flexibility index (Phi) is 35.4. The van der Waals surface area contributed by atoms with E-state index in [1.54, 1.807) is 71.0 Å². The van der Waals surface area contributed by atoms with Crippen LogP contribution in [0.4, 0.5) is 0 Å². The Morgan fingerprint density at radius 1 is 0.304 bits per heavy atom. The molecule has 1 aliphatic rings. The topological polar surface area (TPSA) is 201 Å². The fraction of sp³-hybridized carbons (Fsp3) is 0.184. The zero-order valence-corrected chi connectivity index (χ0v) is 88.5. The third-order valence-corrected chi connectivity index (χ3v) is 31.7. The summed E-state index contributed by atoms with van der Waals surface area (Å²) in [4.78, 5) is 111. The molecule has 0 radical (unpaired) electrons. The normalized spacial score (nSPS) is 13.1. The number of halogens is 7. The van der Waals surface area contributed by atoms with Crippen molar-refractivity contribution in [2.75, 3.05) is 0 Å². The predicted molar refractivity (Wildman–Crippen MR) is 562 cm³/mol. The van der Waals surface area contributed by atoms with Crippen molar-refractivity contribution < 1.29 is 66.7 Å². The van der Waals surface area contributed by atoms with Crippen LogP contribution in [0.25, 0.3) is 25.1 Å². The van der Waals surface area contributed by atoms with Gasteiger partial charge >= 0.3 is 41.8 Å². The summed E-state index contributed by atoms with van der Waals surface area (Å²) in [5.74, 6) is 1.63. The molecule has 27 heteroatoms. The Hall–Kier alpha value is -6.67. The van der Waals surface area contributed by atoms with Gasteiger partial charge in [-0.3, -0.25) is 38.4 Å². The molecule has 125 heavy (non-hydrogen) atoms.